The molecule has 0 saturated heterocycles. The molecular formula is C24H20FNO4. The highest BCUT2D eigenvalue weighted by molar-refractivity contribution is 6.01. The van der Waals surface area contributed by atoms with Gasteiger partial charge in [0.1, 0.15) is 11.9 Å². The first-order valence-electron chi connectivity index (χ1n) is 9.38. The van der Waals surface area contributed by atoms with E-state index in [0.29, 0.717) is 16.8 Å². The van der Waals surface area contributed by atoms with E-state index in [1.807, 2.05) is 0 Å². The molecule has 0 radical (unpaired) electrons. The Bertz CT molecular complexity index is 1000. The molecule has 1 unspecified atom stereocenters. The van der Waals surface area contributed by atoms with Gasteiger partial charge in [-0.2, -0.15) is 0 Å². The second-order valence-corrected chi connectivity index (χ2v) is 6.59. The van der Waals surface area contributed by atoms with Crippen LogP contribution < -0.4 is 5.32 Å². The standard InChI is InChI=1S/C24H20FNO4/c25-19-11-13-20(14-12-19)26-21(15-22(27)17-7-3-1-4-8-17)24(29)30-16-23(28)18-9-5-2-6-10-18/h1-14,21,26H,15-16H2. The molecule has 0 bridgehead atoms. The lowest BCUT2D eigenvalue weighted by atomic mass is 10.0. The normalized spacial score (nSPS) is 11.4. The number of ketones is 2. The van der Waals surface area contributed by atoms with Crippen LogP contribution in [0, 0.1) is 5.82 Å². The van der Waals surface area contributed by atoms with Crippen molar-refractivity contribution in [1.82, 2.24) is 0 Å². The third-order valence-electron chi connectivity index (χ3n) is 4.40. The average molecular weight is 405 g/mol. The Labute approximate surface area is 173 Å². The molecule has 6 heteroatoms. The highest BCUT2D eigenvalue weighted by atomic mass is 19.1. The highest BCUT2D eigenvalue weighted by Gasteiger charge is 2.25. The van der Waals surface area contributed by atoms with Crippen LogP contribution in [0.15, 0.2) is 84.9 Å². The highest BCUT2D eigenvalue weighted by Crippen LogP contribution is 2.15. The summed E-state index contributed by atoms with van der Waals surface area (Å²) in [6.07, 6.45) is -0.181. The number of halogens is 1. The number of ether oxygens (including phenoxy) is 1. The zero-order valence-corrected chi connectivity index (χ0v) is 16.1. The molecule has 0 amide bonds. The van der Waals surface area contributed by atoms with Crippen LogP contribution in [0.1, 0.15) is 27.1 Å². The van der Waals surface area contributed by atoms with Gasteiger partial charge in [-0.3, -0.25) is 9.59 Å². The molecule has 30 heavy (non-hydrogen) atoms. The van der Waals surface area contributed by atoms with E-state index in [0.717, 1.165) is 0 Å². The minimum absolute atomic E-state index is 0.181. The summed E-state index contributed by atoms with van der Waals surface area (Å²) in [5.74, 6) is -1.78. The summed E-state index contributed by atoms with van der Waals surface area (Å²) in [7, 11) is 0. The number of carbonyl (C=O) groups is 3. The van der Waals surface area contributed by atoms with Crippen molar-refractivity contribution in [2.24, 2.45) is 0 Å². The van der Waals surface area contributed by atoms with E-state index < -0.39 is 24.4 Å². The maximum Gasteiger partial charge on any atom is 0.329 e. The number of anilines is 1. The summed E-state index contributed by atoms with van der Waals surface area (Å²) in [4.78, 5) is 37.4. The molecule has 3 aromatic rings. The number of hydrogen-bond acceptors (Lipinski definition) is 5. The lowest BCUT2D eigenvalue weighted by molar-refractivity contribution is -0.143. The molecule has 3 rings (SSSR count). The number of rotatable bonds is 9. The van der Waals surface area contributed by atoms with Gasteiger partial charge in [-0.25, -0.2) is 9.18 Å². The minimum atomic E-state index is -1.04. The molecule has 0 fully saturated rings. The first-order chi connectivity index (χ1) is 14.5. The first kappa shape index (κ1) is 20.9. The van der Waals surface area contributed by atoms with Crippen molar-refractivity contribution in [3.05, 3.63) is 102 Å². The van der Waals surface area contributed by atoms with Crippen LogP contribution in [-0.2, 0) is 9.53 Å². The SMILES string of the molecule is O=C(COC(=O)C(CC(=O)c1ccccc1)Nc1ccc(F)cc1)c1ccccc1. The molecule has 1 N–H and O–H groups in total. The molecule has 0 aliphatic rings. The largest absolute Gasteiger partial charge is 0.456 e. The molecular weight excluding hydrogens is 385 g/mol. The number of nitrogens with one attached hydrogen (secondary N) is 1. The summed E-state index contributed by atoms with van der Waals surface area (Å²) in [6, 6.07) is 21.4. The quantitative estimate of drug-likeness (QED) is 0.424. The van der Waals surface area contributed by atoms with Crippen molar-refractivity contribution in [2.45, 2.75) is 12.5 Å². The van der Waals surface area contributed by atoms with Crippen LogP contribution in [-0.4, -0.2) is 30.2 Å². The summed E-state index contributed by atoms with van der Waals surface area (Å²) >= 11 is 0. The molecule has 152 valence electrons. The van der Waals surface area contributed by atoms with Crippen LogP contribution >= 0.6 is 0 Å². The number of esters is 1. The smallest absolute Gasteiger partial charge is 0.329 e. The zero-order valence-electron chi connectivity index (χ0n) is 16.1. The van der Waals surface area contributed by atoms with E-state index >= 15 is 0 Å². The van der Waals surface area contributed by atoms with Crippen LogP contribution in [0.2, 0.25) is 0 Å². The zero-order chi connectivity index (χ0) is 21.3. The van der Waals surface area contributed by atoms with Crippen LogP contribution in [0.4, 0.5) is 10.1 Å². The van der Waals surface area contributed by atoms with Gasteiger partial charge in [0.25, 0.3) is 0 Å². The average Bonchev–Trinajstić information content (AvgIpc) is 2.79. The third-order valence-corrected chi connectivity index (χ3v) is 4.40. The van der Waals surface area contributed by atoms with Gasteiger partial charge in [0.2, 0.25) is 0 Å². The number of benzene rings is 3. The van der Waals surface area contributed by atoms with Gasteiger partial charge < -0.3 is 10.1 Å². The van der Waals surface area contributed by atoms with Crippen molar-refractivity contribution in [3.63, 3.8) is 0 Å². The van der Waals surface area contributed by atoms with Crippen molar-refractivity contribution in [3.8, 4) is 0 Å². The van der Waals surface area contributed by atoms with E-state index in [4.69, 9.17) is 4.74 Å². The second kappa shape index (κ2) is 10.1. The van der Waals surface area contributed by atoms with Crippen LogP contribution in [0.3, 0.4) is 0 Å². The molecule has 1 atom stereocenters. The Hall–Kier alpha value is -3.80. The monoisotopic (exact) mass is 405 g/mol. The van der Waals surface area contributed by atoms with E-state index in [9.17, 15) is 18.8 Å². The fourth-order valence-electron chi connectivity index (χ4n) is 2.81. The molecule has 0 aromatic heterocycles. The van der Waals surface area contributed by atoms with E-state index in [1.165, 1.54) is 24.3 Å². The fourth-order valence-corrected chi connectivity index (χ4v) is 2.81. The fraction of sp³-hybridized carbons (Fsp3) is 0.125. The summed E-state index contributed by atoms with van der Waals surface area (Å²) in [5.41, 5.74) is 1.33. The summed E-state index contributed by atoms with van der Waals surface area (Å²) in [6.45, 7) is -0.441. The maximum absolute atomic E-state index is 13.2. The summed E-state index contributed by atoms with van der Waals surface area (Å²) < 4.78 is 18.3. The van der Waals surface area contributed by atoms with Gasteiger partial charge in [-0.05, 0) is 24.3 Å². The maximum atomic E-state index is 13.2. The number of carbonyl (C=O) groups excluding carboxylic acids is 3. The molecule has 0 aliphatic carbocycles. The van der Waals surface area contributed by atoms with Crippen LogP contribution in [0.5, 0.6) is 0 Å². The predicted molar refractivity (Wildman–Crippen MR) is 111 cm³/mol. The Morgan fingerprint density at radius 2 is 1.30 bits per heavy atom. The number of Topliss-reactive ketones (excluding diaryl/α,β-unsaturated/α-hetero) is 2. The van der Waals surface area contributed by atoms with Gasteiger partial charge in [-0.15, -0.1) is 0 Å². The minimum Gasteiger partial charge on any atom is -0.456 e. The molecule has 0 saturated carbocycles. The molecule has 0 spiro atoms. The molecule has 3 aromatic carbocycles. The Kier molecular flexibility index (Phi) is 7.05. The van der Waals surface area contributed by atoms with Crippen molar-refractivity contribution < 1.29 is 23.5 Å². The molecule has 0 aliphatic heterocycles. The van der Waals surface area contributed by atoms with Gasteiger partial charge in [0.15, 0.2) is 18.2 Å². The van der Waals surface area contributed by atoms with Gasteiger partial charge in [-0.1, -0.05) is 60.7 Å². The molecule has 0 heterocycles. The van der Waals surface area contributed by atoms with Gasteiger partial charge in [0, 0.05) is 23.2 Å². The van der Waals surface area contributed by atoms with Gasteiger partial charge >= 0.3 is 5.97 Å². The van der Waals surface area contributed by atoms with E-state index in [1.54, 1.807) is 60.7 Å². The first-order valence-corrected chi connectivity index (χ1v) is 9.38. The molecule has 5 nitrogen and oxygen atoms in total. The van der Waals surface area contributed by atoms with Crippen LogP contribution in [0.25, 0.3) is 0 Å². The van der Waals surface area contributed by atoms with E-state index in [-0.39, 0.29) is 18.0 Å². The van der Waals surface area contributed by atoms with Crippen molar-refractivity contribution in [1.29, 1.82) is 0 Å². The Morgan fingerprint density at radius 1 is 0.767 bits per heavy atom. The second-order valence-electron chi connectivity index (χ2n) is 6.59. The van der Waals surface area contributed by atoms with Crippen molar-refractivity contribution >= 4 is 23.2 Å². The summed E-state index contributed by atoms with van der Waals surface area (Å²) in [5, 5.41) is 2.90. The van der Waals surface area contributed by atoms with Gasteiger partial charge in [0.05, 0.1) is 0 Å². The lowest BCUT2D eigenvalue weighted by Crippen LogP contribution is -2.34. The van der Waals surface area contributed by atoms with Crippen molar-refractivity contribution in [2.75, 3.05) is 11.9 Å². The lowest BCUT2D eigenvalue weighted by Gasteiger charge is -2.18. The Balaban J connectivity index is 1.70. The van der Waals surface area contributed by atoms with E-state index in [2.05, 4.69) is 5.32 Å². The Morgan fingerprint density at radius 3 is 1.87 bits per heavy atom. The number of hydrogen-bond donors (Lipinski definition) is 1. The predicted octanol–water partition coefficient (Wildman–Crippen LogP) is 4.31. The third kappa shape index (κ3) is 5.85. The topological polar surface area (TPSA) is 72.5 Å².